The highest BCUT2D eigenvalue weighted by molar-refractivity contribution is 5.94. The topological polar surface area (TPSA) is 89.5 Å². The maximum absolute atomic E-state index is 13.9. The minimum atomic E-state index is -0.891. The SMILES string of the molecule is CCN(CC(C)(C)CN)C(=O)c1ccc([N+](=O)[O-])cc1F. The zero-order valence-corrected chi connectivity index (χ0v) is 12.4. The maximum Gasteiger partial charge on any atom is 0.272 e. The third-order valence-electron chi connectivity index (χ3n) is 3.23. The molecule has 0 saturated heterocycles. The number of hydrogen-bond donors (Lipinski definition) is 1. The number of carbonyl (C=O) groups is 1. The molecular formula is C14H20FN3O3. The zero-order valence-electron chi connectivity index (χ0n) is 12.4. The zero-order chi connectivity index (χ0) is 16.2. The lowest BCUT2D eigenvalue weighted by Crippen LogP contribution is -2.42. The van der Waals surface area contributed by atoms with Crippen LogP contribution in [0.25, 0.3) is 0 Å². The van der Waals surface area contributed by atoms with Crippen molar-refractivity contribution in [2.24, 2.45) is 11.1 Å². The number of carbonyl (C=O) groups excluding carboxylic acids is 1. The van der Waals surface area contributed by atoms with Gasteiger partial charge in [0.15, 0.2) is 0 Å². The van der Waals surface area contributed by atoms with Crippen molar-refractivity contribution >= 4 is 11.6 Å². The highest BCUT2D eigenvalue weighted by Crippen LogP contribution is 2.20. The molecule has 0 fully saturated rings. The van der Waals surface area contributed by atoms with E-state index in [0.717, 1.165) is 18.2 Å². The average molecular weight is 297 g/mol. The van der Waals surface area contributed by atoms with Crippen LogP contribution in [-0.2, 0) is 0 Å². The molecule has 0 bridgehead atoms. The molecule has 116 valence electrons. The van der Waals surface area contributed by atoms with Crippen molar-refractivity contribution in [2.45, 2.75) is 20.8 Å². The fourth-order valence-electron chi connectivity index (χ4n) is 1.87. The van der Waals surface area contributed by atoms with E-state index in [1.807, 2.05) is 13.8 Å². The number of halogens is 1. The van der Waals surface area contributed by atoms with Gasteiger partial charge in [-0.25, -0.2) is 4.39 Å². The van der Waals surface area contributed by atoms with Crippen LogP contribution in [0.1, 0.15) is 31.1 Å². The Kier molecular flexibility index (Phi) is 5.37. The van der Waals surface area contributed by atoms with Crippen LogP contribution in [0.3, 0.4) is 0 Å². The Hall–Kier alpha value is -2.02. The Balaban J connectivity index is 3.03. The number of amides is 1. The van der Waals surface area contributed by atoms with Crippen molar-refractivity contribution in [1.29, 1.82) is 0 Å². The first-order chi connectivity index (χ1) is 9.71. The van der Waals surface area contributed by atoms with E-state index in [-0.39, 0.29) is 16.7 Å². The molecule has 1 aromatic rings. The number of nitro groups is 1. The Morgan fingerprint density at radius 3 is 2.52 bits per heavy atom. The van der Waals surface area contributed by atoms with E-state index < -0.39 is 16.6 Å². The Morgan fingerprint density at radius 1 is 1.48 bits per heavy atom. The molecule has 0 spiro atoms. The van der Waals surface area contributed by atoms with E-state index in [0.29, 0.717) is 19.6 Å². The van der Waals surface area contributed by atoms with E-state index in [1.165, 1.54) is 4.90 Å². The first kappa shape index (κ1) is 17.0. The highest BCUT2D eigenvalue weighted by atomic mass is 19.1. The van der Waals surface area contributed by atoms with Crippen LogP contribution in [0.15, 0.2) is 18.2 Å². The predicted octanol–water partition coefficient (Wildman–Crippen LogP) is 2.18. The summed E-state index contributed by atoms with van der Waals surface area (Å²) in [6.07, 6.45) is 0. The van der Waals surface area contributed by atoms with E-state index >= 15 is 0 Å². The summed E-state index contributed by atoms with van der Waals surface area (Å²) in [7, 11) is 0. The van der Waals surface area contributed by atoms with Gasteiger partial charge in [0, 0.05) is 19.2 Å². The minimum Gasteiger partial charge on any atom is -0.338 e. The molecular weight excluding hydrogens is 277 g/mol. The van der Waals surface area contributed by atoms with Gasteiger partial charge in [-0.05, 0) is 24.9 Å². The molecule has 2 N–H and O–H groups in total. The van der Waals surface area contributed by atoms with Gasteiger partial charge in [0.2, 0.25) is 0 Å². The molecule has 0 aliphatic heterocycles. The standard InChI is InChI=1S/C14H20FN3O3/c1-4-17(9-14(2,3)8-16)13(19)11-6-5-10(18(20)21)7-12(11)15/h5-7H,4,8-9,16H2,1-3H3. The summed E-state index contributed by atoms with van der Waals surface area (Å²) in [5, 5.41) is 10.6. The Labute approximate surface area is 122 Å². The van der Waals surface area contributed by atoms with Gasteiger partial charge in [-0.3, -0.25) is 14.9 Å². The number of benzene rings is 1. The van der Waals surface area contributed by atoms with E-state index in [2.05, 4.69) is 0 Å². The molecule has 1 aromatic carbocycles. The number of hydrogen-bond acceptors (Lipinski definition) is 4. The largest absolute Gasteiger partial charge is 0.338 e. The van der Waals surface area contributed by atoms with Crippen LogP contribution in [0, 0.1) is 21.3 Å². The van der Waals surface area contributed by atoms with Gasteiger partial charge < -0.3 is 10.6 Å². The first-order valence-electron chi connectivity index (χ1n) is 6.65. The summed E-state index contributed by atoms with van der Waals surface area (Å²) in [5.41, 5.74) is 4.80. The second-order valence-corrected chi connectivity index (χ2v) is 5.61. The Morgan fingerprint density at radius 2 is 2.10 bits per heavy atom. The predicted molar refractivity (Wildman–Crippen MR) is 77.5 cm³/mol. The normalized spacial score (nSPS) is 11.3. The van der Waals surface area contributed by atoms with Crippen molar-refractivity contribution in [2.75, 3.05) is 19.6 Å². The third kappa shape index (κ3) is 4.22. The molecule has 1 amide bonds. The molecule has 0 radical (unpaired) electrons. The fourth-order valence-corrected chi connectivity index (χ4v) is 1.87. The van der Waals surface area contributed by atoms with E-state index in [1.54, 1.807) is 6.92 Å². The minimum absolute atomic E-state index is 0.171. The van der Waals surface area contributed by atoms with Crippen LogP contribution in [-0.4, -0.2) is 35.4 Å². The molecule has 0 atom stereocenters. The summed E-state index contributed by atoms with van der Waals surface area (Å²) < 4.78 is 13.9. The lowest BCUT2D eigenvalue weighted by molar-refractivity contribution is -0.385. The smallest absolute Gasteiger partial charge is 0.272 e. The van der Waals surface area contributed by atoms with E-state index in [4.69, 9.17) is 5.73 Å². The third-order valence-corrected chi connectivity index (χ3v) is 3.23. The summed E-state index contributed by atoms with van der Waals surface area (Å²) in [6, 6.07) is 3.03. The summed E-state index contributed by atoms with van der Waals surface area (Å²) in [5.74, 6) is -1.38. The molecule has 0 aliphatic carbocycles. The van der Waals surface area contributed by atoms with Crippen molar-refractivity contribution in [3.63, 3.8) is 0 Å². The van der Waals surface area contributed by atoms with Gasteiger partial charge in [0.25, 0.3) is 11.6 Å². The molecule has 0 unspecified atom stereocenters. The highest BCUT2D eigenvalue weighted by Gasteiger charge is 2.25. The second kappa shape index (κ2) is 6.62. The lowest BCUT2D eigenvalue weighted by Gasteiger charge is -2.31. The molecule has 0 aromatic heterocycles. The summed E-state index contributed by atoms with van der Waals surface area (Å²) in [4.78, 5) is 23.7. The monoisotopic (exact) mass is 297 g/mol. The van der Waals surface area contributed by atoms with Gasteiger partial charge in [-0.15, -0.1) is 0 Å². The molecule has 6 nitrogen and oxygen atoms in total. The fraction of sp³-hybridized carbons (Fsp3) is 0.500. The number of nitrogens with zero attached hydrogens (tertiary/aromatic N) is 2. The summed E-state index contributed by atoms with van der Waals surface area (Å²) in [6.45, 7) is 6.78. The number of nitrogens with two attached hydrogens (primary N) is 1. The van der Waals surface area contributed by atoms with Crippen LogP contribution in [0.2, 0.25) is 0 Å². The van der Waals surface area contributed by atoms with Crippen LogP contribution in [0.4, 0.5) is 10.1 Å². The quantitative estimate of drug-likeness (QED) is 0.643. The van der Waals surface area contributed by atoms with Crippen molar-refractivity contribution in [1.82, 2.24) is 4.90 Å². The van der Waals surface area contributed by atoms with Crippen molar-refractivity contribution in [3.05, 3.63) is 39.7 Å². The van der Waals surface area contributed by atoms with Gasteiger partial charge in [-0.1, -0.05) is 13.8 Å². The molecule has 7 heteroatoms. The molecule has 0 saturated carbocycles. The van der Waals surface area contributed by atoms with Gasteiger partial charge in [-0.2, -0.15) is 0 Å². The molecule has 1 rings (SSSR count). The van der Waals surface area contributed by atoms with Crippen molar-refractivity contribution < 1.29 is 14.1 Å². The van der Waals surface area contributed by atoms with Crippen LogP contribution in [0.5, 0.6) is 0 Å². The van der Waals surface area contributed by atoms with E-state index in [9.17, 15) is 19.3 Å². The number of non-ortho nitro benzene ring substituents is 1. The second-order valence-electron chi connectivity index (χ2n) is 5.61. The van der Waals surface area contributed by atoms with Gasteiger partial charge >= 0.3 is 0 Å². The number of nitro benzene ring substituents is 1. The molecule has 0 heterocycles. The molecule has 21 heavy (non-hydrogen) atoms. The summed E-state index contributed by atoms with van der Waals surface area (Å²) >= 11 is 0. The Bertz CT molecular complexity index is 546. The lowest BCUT2D eigenvalue weighted by atomic mass is 9.93. The van der Waals surface area contributed by atoms with Gasteiger partial charge in [0.1, 0.15) is 5.82 Å². The van der Waals surface area contributed by atoms with Crippen LogP contribution < -0.4 is 5.73 Å². The van der Waals surface area contributed by atoms with Crippen molar-refractivity contribution in [3.8, 4) is 0 Å². The van der Waals surface area contributed by atoms with Crippen LogP contribution >= 0.6 is 0 Å². The average Bonchev–Trinajstić information content (AvgIpc) is 2.43. The van der Waals surface area contributed by atoms with Gasteiger partial charge in [0.05, 0.1) is 16.6 Å². The molecule has 0 aliphatic rings. The maximum atomic E-state index is 13.9. The number of rotatable bonds is 6. The first-order valence-corrected chi connectivity index (χ1v) is 6.65.